The van der Waals surface area contributed by atoms with Gasteiger partial charge >= 0.3 is 0 Å². The van der Waals surface area contributed by atoms with Gasteiger partial charge in [0.1, 0.15) is 11.6 Å². The highest BCUT2D eigenvalue weighted by atomic mass is 16.5. The summed E-state index contributed by atoms with van der Waals surface area (Å²) >= 11 is 0. The van der Waals surface area contributed by atoms with Crippen LogP contribution in [0.1, 0.15) is 25.1 Å². The second kappa shape index (κ2) is 5.36. The third-order valence-corrected chi connectivity index (χ3v) is 4.26. The molecular weight excluding hydrogens is 278 g/mol. The van der Waals surface area contributed by atoms with Gasteiger partial charge in [-0.3, -0.25) is 0 Å². The molecule has 3 aromatic rings. The van der Waals surface area contributed by atoms with Gasteiger partial charge in [-0.05, 0) is 30.2 Å². The van der Waals surface area contributed by atoms with Gasteiger partial charge in [-0.25, -0.2) is 9.97 Å². The van der Waals surface area contributed by atoms with Crippen molar-refractivity contribution < 1.29 is 4.74 Å². The minimum atomic E-state index is 0.716. The van der Waals surface area contributed by atoms with E-state index in [1.54, 1.807) is 18.0 Å². The zero-order valence-corrected chi connectivity index (χ0v) is 12.4. The maximum atomic E-state index is 5.18. The third kappa shape index (κ3) is 2.30. The summed E-state index contributed by atoms with van der Waals surface area (Å²) in [6.07, 6.45) is 6.63. The molecule has 112 valence electrons. The molecule has 1 fully saturated rings. The number of methoxy groups -OCH3 is 1. The van der Waals surface area contributed by atoms with Gasteiger partial charge in [0.2, 0.25) is 0 Å². The quantitative estimate of drug-likeness (QED) is 0.740. The standard InChI is InChI=1S/C16H17N5O/c1-22-13-7-5-12(6-8-13)21-16-14(19-20-21)10-17-15(18-16)9-11-3-2-4-11/h5-8,10-11H,2-4,9H2,1H3. The first kappa shape index (κ1) is 13.2. The van der Waals surface area contributed by atoms with Crippen LogP contribution < -0.4 is 4.74 Å². The van der Waals surface area contributed by atoms with Crippen molar-refractivity contribution in [3.63, 3.8) is 0 Å². The number of hydrogen-bond acceptors (Lipinski definition) is 5. The van der Waals surface area contributed by atoms with Gasteiger partial charge < -0.3 is 4.74 Å². The fraction of sp³-hybridized carbons (Fsp3) is 0.375. The van der Waals surface area contributed by atoms with Gasteiger partial charge in [-0.2, -0.15) is 4.68 Å². The molecule has 1 aliphatic carbocycles. The topological polar surface area (TPSA) is 65.7 Å². The first-order chi connectivity index (χ1) is 10.8. The molecule has 2 heterocycles. The molecule has 0 N–H and O–H groups in total. The van der Waals surface area contributed by atoms with Crippen molar-refractivity contribution in [2.75, 3.05) is 7.11 Å². The summed E-state index contributed by atoms with van der Waals surface area (Å²) in [6, 6.07) is 7.69. The normalized spacial score (nSPS) is 15.0. The first-order valence-electron chi connectivity index (χ1n) is 7.55. The van der Waals surface area contributed by atoms with Crippen molar-refractivity contribution in [2.45, 2.75) is 25.7 Å². The third-order valence-electron chi connectivity index (χ3n) is 4.26. The number of ether oxygens (including phenoxy) is 1. The Morgan fingerprint density at radius 1 is 1.23 bits per heavy atom. The monoisotopic (exact) mass is 295 g/mol. The SMILES string of the molecule is COc1ccc(-n2nnc3cnc(CC4CCC4)nc32)cc1. The minimum absolute atomic E-state index is 0.716. The van der Waals surface area contributed by atoms with Crippen molar-refractivity contribution >= 4 is 11.2 Å². The average Bonchev–Trinajstić information content (AvgIpc) is 2.94. The lowest BCUT2D eigenvalue weighted by atomic mass is 9.83. The Morgan fingerprint density at radius 2 is 2.05 bits per heavy atom. The van der Waals surface area contributed by atoms with Crippen LogP contribution in [0.3, 0.4) is 0 Å². The van der Waals surface area contributed by atoms with Crippen LogP contribution in [0.15, 0.2) is 30.5 Å². The predicted octanol–water partition coefficient (Wildman–Crippen LogP) is 2.56. The maximum absolute atomic E-state index is 5.18. The van der Waals surface area contributed by atoms with Gasteiger partial charge in [0.25, 0.3) is 0 Å². The van der Waals surface area contributed by atoms with Gasteiger partial charge in [-0.15, -0.1) is 5.10 Å². The summed E-state index contributed by atoms with van der Waals surface area (Å²) in [6.45, 7) is 0. The number of nitrogens with zero attached hydrogens (tertiary/aromatic N) is 5. The summed E-state index contributed by atoms with van der Waals surface area (Å²) in [5.41, 5.74) is 2.39. The molecule has 0 atom stereocenters. The maximum Gasteiger partial charge on any atom is 0.187 e. The zero-order chi connectivity index (χ0) is 14.9. The zero-order valence-electron chi connectivity index (χ0n) is 12.4. The van der Waals surface area contributed by atoms with Crippen molar-refractivity contribution in [3.05, 3.63) is 36.3 Å². The van der Waals surface area contributed by atoms with Crippen LogP contribution in [-0.4, -0.2) is 32.1 Å². The molecule has 6 nitrogen and oxygen atoms in total. The molecule has 6 heteroatoms. The first-order valence-corrected chi connectivity index (χ1v) is 7.55. The number of hydrogen-bond donors (Lipinski definition) is 0. The van der Waals surface area contributed by atoms with Crippen molar-refractivity contribution in [1.82, 2.24) is 25.0 Å². The minimum Gasteiger partial charge on any atom is -0.497 e. The predicted molar refractivity (Wildman–Crippen MR) is 82.1 cm³/mol. The number of rotatable bonds is 4. The van der Waals surface area contributed by atoms with Crippen LogP contribution in [0.2, 0.25) is 0 Å². The van der Waals surface area contributed by atoms with Crippen molar-refractivity contribution in [1.29, 1.82) is 0 Å². The Morgan fingerprint density at radius 3 is 2.73 bits per heavy atom. The second-order valence-electron chi connectivity index (χ2n) is 5.70. The highest BCUT2D eigenvalue weighted by Crippen LogP contribution is 2.29. The van der Waals surface area contributed by atoms with E-state index in [1.807, 2.05) is 24.3 Å². The highest BCUT2D eigenvalue weighted by Gasteiger charge is 2.20. The van der Waals surface area contributed by atoms with E-state index in [0.29, 0.717) is 5.52 Å². The van der Waals surface area contributed by atoms with E-state index in [4.69, 9.17) is 4.74 Å². The van der Waals surface area contributed by atoms with Crippen LogP contribution in [0.25, 0.3) is 16.9 Å². The van der Waals surface area contributed by atoms with Crippen LogP contribution in [0.4, 0.5) is 0 Å². The van der Waals surface area contributed by atoms with E-state index in [2.05, 4.69) is 20.3 Å². The molecule has 0 amide bonds. The van der Waals surface area contributed by atoms with E-state index in [-0.39, 0.29) is 0 Å². The largest absolute Gasteiger partial charge is 0.497 e. The molecule has 0 unspecified atom stereocenters. The molecule has 22 heavy (non-hydrogen) atoms. The molecule has 1 saturated carbocycles. The summed E-state index contributed by atoms with van der Waals surface area (Å²) in [7, 11) is 1.65. The number of aromatic nitrogens is 5. The van der Waals surface area contributed by atoms with Crippen LogP contribution in [-0.2, 0) is 6.42 Å². The lowest BCUT2D eigenvalue weighted by Crippen LogP contribution is -2.15. The number of benzene rings is 1. The molecule has 0 bridgehead atoms. The molecule has 1 aromatic carbocycles. The summed E-state index contributed by atoms with van der Waals surface area (Å²) < 4.78 is 6.94. The second-order valence-corrected chi connectivity index (χ2v) is 5.70. The number of fused-ring (bicyclic) bond motifs is 1. The molecule has 0 spiro atoms. The van der Waals surface area contributed by atoms with Crippen LogP contribution >= 0.6 is 0 Å². The Hall–Kier alpha value is -2.50. The van der Waals surface area contributed by atoms with E-state index in [1.165, 1.54) is 19.3 Å². The molecular formula is C16H17N5O. The lowest BCUT2D eigenvalue weighted by molar-refractivity contribution is 0.309. The van der Waals surface area contributed by atoms with Crippen molar-refractivity contribution in [2.24, 2.45) is 5.92 Å². The van der Waals surface area contributed by atoms with Gasteiger partial charge in [0.05, 0.1) is 19.0 Å². The summed E-state index contributed by atoms with van der Waals surface area (Å²) in [5.74, 6) is 2.44. The Kier molecular flexibility index (Phi) is 3.21. The van der Waals surface area contributed by atoms with Crippen molar-refractivity contribution in [3.8, 4) is 11.4 Å². The van der Waals surface area contributed by atoms with E-state index in [0.717, 1.165) is 35.2 Å². The summed E-state index contributed by atoms with van der Waals surface area (Å²) in [5, 5.41) is 8.35. The molecule has 0 aliphatic heterocycles. The Labute approximate surface area is 128 Å². The van der Waals surface area contributed by atoms with Gasteiger partial charge in [-0.1, -0.05) is 24.5 Å². The average molecular weight is 295 g/mol. The fourth-order valence-corrected chi connectivity index (χ4v) is 2.71. The van der Waals surface area contributed by atoms with Gasteiger partial charge in [0, 0.05) is 6.42 Å². The molecule has 0 radical (unpaired) electrons. The van der Waals surface area contributed by atoms with Gasteiger partial charge in [0.15, 0.2) is 11.2 Å². The van der Waals surface area contributed by atoms with E-state index >= 15 is 0 Å². The Bertz CT molecular complexity index is 792. The van der Waals surface area contributed by atoms with Crippen LogP contribution in [0, 0.1) is 5.92 Å². The molecule has 0 saturated heterocycles. The Balaban J connectivity index is 1.71. The molecule has 4 rings (SSSR count). The van der Waals surface area contributed by atoms with Crippen LogP contribution in [0.5, 0.6) is 5.75 Å². The van der Waals surface area contributed by atoms with E-state index in [9.17, 15) is 0 Å². The fourth-order valence-electron chi connectivity index (χ4n) is 2.71. The summed E-state index contributed by atoms with van der Waals surface area (Å²) in [4.78, 5) is 9.09. The lowest BCUT2D eigenvalue weighted by Gasteiger charge is -2.24. The molecule has 2 aromatic heterocycles. The van der Waals surface area contributed by atoms with E-state index < -0.39 is 0 Å². The smallest absolute Gasteiger partial charge is 0.187 e. The molecule has 1 aliphatic rings. The highest BCUT2D eigenvalue weighted by molar-refractivity contribution is 5.70.